The van der Waals surface area contributed by atoms with Crippen LogP contribution in [0.15, 0.2) is 22.8 Å². The molecule has 0 spiro atoms. The average molecular weight is 364 g/mol. The second-order valence-electron chi connectivity index (χ2n) is 8.59. The Labute approximate surface area is 156 Å². The Morgan fingerprint density at radius 1 is 1.27 bits per heavy atom. The van der Waals surface area contributed by atoms with Crippen molar-refractivity contribution in [3.05, 3.63) is 24.2 Å². The maximum Gasteiger partial charge on any atom is 0.317 e. The molecule has 3 heterocycles. The normalized spacial score (nSPS) is 25.3. The second-order valence-corrected chi connectivity index (χ2v) is 8.59. The van der Waals surface area contributed by atoms with E-state index in [2.05, 4.69) is 31.0 Å². The molecular formula is C20H33N3O3. The summed E-state index contributed by atoms with van der Waals surface area (Å²) in [5.41, 5.74) is 0.104. The van der Waals surface area contributed by atoms with E-state index >= 15 is 0 Å². The molecule has 0 radical (unpaired) electrons. The maximum absolute atomic E-state index is 12.6. The number of carbonyl (C=O) groups is 1. The van der Waals surface area contributed by atoms with Crippen LogP contribution in [-0.2, 0) is 11.3 Å². The standard InChI is InChI=1S/C20H33N3O3/c1-20(2,3)18-16(6-4-13-26-18)14-21-19(24)23-10-8-22(9-11-23)15-17-7-5-12-25-17/h5,7,12,16,18H,4,6,8-11,13-15H2,1-3H3,(H,21,24). The van der Waals surface area contributed by atoms with E-state index in [1.807, 2.05) is 17.0 Å². The monoisotopic (exact) mass is 363 g/mol. The molecule has 2 fully saturated rings. The van der Waals surface area contributed by atoms with Gasteiger partial charge in [-0.05, 0) is 30.4 Å². The molecule has 0 aromatic carbocycles. The van der Waals surface area contributed by atoms with Crippen LogP contribution < -0.4 is 5.32 Å². The topological polar surface area (TPSA) is 58.0 Å². The van der Waals surface area contributed by atoms with Gasteiger partial charge in [0.1, 0.15) is 5.76 Å². The number of furan rings is 1. The number of ether oxygens (including phenoxy) is 1. The van der Waals surface area contributed by atoms with Gasteiger partial charge in [0.15, 0.2) is 0 Å². The predicted octanol–water partition coefficient (Wildman–Crippen LogP) is 2.95. The SMILES string of the molecule is CC(C)(C)C1OCCCC1CNC(=O)N1CCN(Cc2ccco2)CC1. The highest BCUT2D eigenvalue weighted by Crippen LogP contribution is 2.33. The van der Waals surface area contributed by atoms with Gasteiger partial charge < -0.3 is 19.4 Å². The highest BCUT2D eigenvalue weighted by Gasteiger charge is 2.35. The van der Waals surface area contributed by atoms with Gasteiger partial charge in [0.25, 0.3) is 0 Å². The first-order valence-electron chi connectivity index (χ1n) is 9.82. The molecule has 0 bridgehead atoms. The quantitative estimate of drug-likeness (QED) is 0.894. The first-order valence-corrected chi connectivity index (χ1v) is 9.82. The fraction of sp³-hybridized carbons (Fsp3) is 0.750. The molecule has 6 heteroatoms. The van der Waals surface area contributed by atoms with Crippen molar-refractivity contribution >= 4 is 6.03 Å². The summed E-state index contributed by atoms with van der Waals surface area (Å²) < 4.78 is 11.4. The molecule has 2 unspecified atom stereocenters. The Bertz CT molecular complexity index is 559. The molecule has 2 amide bonds. The minimum atomic E-state index is 0.0564. The number of rotatable bonds is 4. The van der Waals surface area contributed by atoms with E-state index in [1.165, 1.54) is 0 Å². The van der Waals surface area contributed by atoms with Gasteiger partial charge in [0, 0.05) is 45.2 Å². The average Bonchev–Trinajstić information content (AvgIpc) is 3.13. The molecule has 6 nitrogen and oxygen atoms in total. The predicted molar refractivity (Wildman–Crippen MR) is 101 cm³/mol. The van der Waals surface area contributed by atoms with Crippen molar-refractivity contribution < 1.29 is 13.9 Å². The van der Waals surface area contributed by atoms with E-state index in [0.717, 1.165) is 57.9 Å². The minimum absolute atomic E-state index is 0.0564. The number of amides is 2. The van der Waals surface area contributed by atoms with E-state index in [0.29, 0.717) is 12.5 Å². The molecule has 1 N–H and O–H groups in total. The summed E-state index contributed by atoms with van der Waals surface area (Å²) in [6.45, 7) is 12.3. The van der Waals surface area contributed by atoms with Crippen LogP contribution in [-0.4, -0.2) is 61.3 Å². The van der Waals surface area contributed by atoms with Crippen LogP contribution in [0, 0.1) is 11.3 Å². The third-order valence-corrected chi connectivity index (χ3v) is 5.43. The zero-order valence-corrected chi connectivity index (χ0v) is 16.4. The Morgan fingerprint density at radius 3 is 2.69 bits per heavy atom. The molecule has 0 saturated carbocycles. The molecule has 1 aromatic rings. The molecular weight excluding hydrogens is 330 g/mol. The van der Waals surface area contributed by atoms with Crippen molar-refractivity contribution in [2.75, 3.05) is 39.3 Å². The van der Waals surface area contributed by atoms with E-state index in [1.54, 1.807) is 6.26 Å². The van der Waals surface area contributed by atoms with Crippen LogP contribution in [0.3, 0.4) is 0 Å². The van der Waals surface area contributed by atoms with Crippen LogP contribution in [0.4, 0.5) is 4.79 Å². The third-order valence-electron chi connectivity index (χ3n) is 5.43. The number of carbonyl (C=O) groups excluding carboxylic acids is 1. The molecule has 2 saturated heterocycles. The smallest absolute Gasteiger partial charge is 0.317 e. The van der Waals surface area contributed by atoms with E-state index < -0.39 is 0 Å². The second kappa shape index (κ2) is 8.44. The third kappa shape index (κ3) is 5.01. The Balaban J connectivity index is 1.42. The summed E-state index contributed by atoms with van der Waals surface area (Å²) in [6, 6.07) is 3.97. The minimum Gasteiger partial charge on any atom is -0.468 e. The summed E-state index contributed by atoms with van der Waals surface area (Å²) in [6.07, 6.45) is 4.12. The van der Waals surface area contributed by atoms with Crippen LogP contribution in [0.25, 0.3) is 0 Å². The Kier molecular flexibility index (Phi) is 6.24. The number of nitrogens with one attached hydrogen (secondary N) is 1. The Hall–Kier alpha value is -1.53. The summed E-state index contributed by atoms with van der Waals surface area (Å²) in [4.78, 5) is 16.8. The first kappa shape index (κ1) is 19.2. The maximum atomic E-state index is 12.6. The lowest BCUT2D eigenvalue weighted by Crippen LogP contribution is -2.53. The lowest BCUT2D eigenvalue weighted by molar-refractivity contribution is -0.0839. The van der Waals surface area contributed by atoms with Gasteiger partial charge in [-0.25, -0.2) is 4.79 Å². The molecule has 26 heavy (non-hydrogen) atoms. The highest BCUT2D eigenvalue weighted by molar-refractivity contribution is 5.74. The van der Waals surface area contributed by atoms with E-state index in [9.17, 15) is 4.79 Å². The molecule has 2 aliphatic heterocycles. The van der Waals surface area contributed by atoms with Crippen molar-refractivity contribution in [2.24, 2.45) is 11.3 Å². The van der Waals surface area contributed by atoms with Crippen LogP contribution in [0.2, 0.25) is 0 Å². The van der Waals surface area contributed by atoms with Gasteiger partial charge in [0.2, 0.25) is 0 Å². The number of hydrogen-bond acceptors (Lipinski definition) is 4. The van der Waals surface area contributed by atoms with Crippen molar-refractivity contribution in [3.63, 3.8) is 0 Å². The summed E-state index contributed by atoms with van der Waals surface area (Å²) in [7, 11) is 0. The van der Waals surface area contributed by atoms with Gasteiger partial charge in [0.05, 0.1) is 18.9 Å². The van der Waals surface area contributed by atoms with E-state index in [-0.39, 0.29) is 17.6 Å². The van der Waals surface area contributed by atoms with Gasteiger partial charge in [-0.1, -0.05) is 20.8 Å². The van der Waals surface area contributed by atoms with Gasteiger partial charge in [-0.2, -0.15) is 0 Å². The van der Waals surface area contributed by atoms with Crippen LogP contribution >= 0.6 is 0 Å². The van der Waals surface area contributed by atoms with Crippen LogP contribution in [0.1, 0.15) is 39.4 Å². The lowest BCUT2D eigenvalue weighted by Gasteiger charge is -2.40. The molecule has 3 rings (SSSR count). The van der Waals surface area contributed by atoms with E-state index in [4.69, 9.17) is 9.15 Å². The van der Waals surface area contributed by atoms with Crippen molar-refractivity contribution in [2.45, 2.75) is 46.3 Å². The van der Waals surface area contributed by atoms with Gasteiger partial charge >= 0.3 is 6.03 Å². The van der Waals surface area contributed by atoms with Crippen molar-refractivity contribution in [3.8, 4) is 0 Å². The zero-order valence-electron chi connectivity index (χ0n) is 16.4. The van der Waals surface area contributed by atoms with Gasteiger partial charge in [-0.15, -0.1) is 0 Å². The first-order chi connectivity index (χ1) is 12.4. The summed E-state index contributed by atoms with van der Waals surface area (Å²) in [5.74, 6) is 1.38. The fourth-order valence-electron chi connectivity index (χ4n) is 4.07. The lowest BCUT2D eigenvalue weighted by atomic mass is 9.78. The van der Waals surface area contributed by atoms with Crippen molar-refractivity contribution in [1.82, 2.24) is 15.1 Å². The number of hydrogen-bond donors (Lipinski definition) is 1. The van der Waals surface area contributed by atoms with Crippen LogP contribution in [0.5, 0.6) is 0 Å². The summed E-state index contributed by atoms with van der Waals surface area (Å²) in [5, 5.41) is 3.15. The van der Waals surface area contributed by atoms with Gasteiger partial charge in [-0.3, -0.25) is 4.90 Å². The van der Waals surface area contributed by atoms with Crippen molar-refractivity contribution in [1.29, 1.82) is 0 Å². The largest absolute Gasteiger partial charge is 0.468 e. The fourth-order valence-corrected chi connectivity index (χ4v) is 4.07. The molecule has 2 aliphatic rings. The number of nitrogens with zero attached hydrogens (tertiary/aromatic N) is 2. The summed E-state index contributed by atoms with van der Waals surface area (Å²) >= 11 is 0. The molecule has 146 valence electrons. The number of urea groups is 1. The number of piperazine rings is 1. The molecule has 2 atom stereocenters. The highest BCUT2D eigenvalue weighted by atomic mass is 16.5. The molecule has 1 aromatic heterocycles. The molecule has 0 aliphatic carbocycles. The Morgan fingerprint density at radius 2 is 2.04 bits per heavy atom. The zero-order chi connectivity index (χ0) is 18.6.